The molecular weight excluding hydrogens is 460 g/mol. The molecule has 0 radical (unpaired) electrons. The average molecular weight is 499 g/mol. The number of hydrogen-bond donors (Lipinski definition) is 1. The zero-order chi connectivity index (χ0) is 25.2. The number of carbonyl (C=O) groups is 2. The van der Waals surface area contributed by atoms with E-state index in [-0.39, 0.29) is 34.3 Å². The molecule has 0 unspecified atom stereocenters. The van der Waals surface area contributed by atoms with Crippen molar-refractivity contribution >= 4 is 28.9 Å². The molecule has 35 heavy (non-hydrogen) atoms. The van der Waals surface area contributed by atoms with E-state index in [1.807, 2.05) is 29.2 Å². The summed E-state index contributed by atoms with van der Waals surface area (Å²) in [7, 11) is 0. The van der Waals surface area contributed by atoms with Crippen LogP contribution in [0.5, 0.6) is 5.88 Å². The number of hydrogen-bond acceptors (Lipinski definition) is 5. The van der Waals surface area contributed by atoms with Crippen LogP contribution in [-0.2, 0) is 10.2 Å². The van der Waals surface area contributed by atoms with Crippen LogP contribution in [0.2, 0.25) is 0 Å². The van der Waals surface area contributed by atoms with Crippen LogP contribution in [0.25, 0.3) is 0 Å². The lowest BCUT2D eigenvalue weighted by Gasteiger charge is -2.39. The third-order valence-electron chi connectivity index (χ3n) is 7.44. The maximum absolute atomic E-state index is 14.0. The fraction of sp³-hybridized carbons (Fsp3) is 0.607. The number of rotatable bonds is 6. The Morgan fingerprint density at radius 1 is 1.06 bits per heavy atom. The standard InChI is InChI=1S/C28H38N2O4S/c1-18-8-10-19(11-9-18)26(31)30(22-17-23(28(2,3)4)35-25(22)27(32)33)20-12-14-21(15-13-20)34-24-7-5-6-16-29-24/h5-7,16-21H,8-15H2,1-4H3,(H,32,33). The second-order valence-corrected chi connectivity index (χ2v) is 12.3. The number of anilines is 1. The molecule has 2 aliphatic carbocycles. The number of amides is 1. The third kappa shape index (κ3) is 6.05. The number of carbonyl (C=O) groups excluding carboxylic acids is 1. The molecule has 4 rings (SSSR count). The Morgan fingerprint density at radius 3 is 2.31 bits per heavy atom. The Labute approximate surface area is 212 Å². The summed E-state index contributed by atoms with van der Waals surface area (Å²) in [4.78, 5) is 33.7. The minimum absolute atomic E-state index is 0.0223. The topological polar surface area (TPSA) is 79.7 Å². The van der Waals surface area contributed by atoms with Crippen molar-refractivity contribution in [2.45, 2.75) is 96.6 Å². The highest BCUT2D eigenvalue weighted by Crippen LogP contribution is 2.42. The number of ether oxygens (including phenoxy) is 1. The van der Waals surface area contributed by atoms with Gasteiger partial charge in [0.2, 0.25) is 11.8 Å². The van der Waals surface area contributed by atoms with E-state index in [2.05, 4.69) is 32.7 Å². The molecule has 2 aromatic heterocycles. The molecule has 6 nitrogen and oxygen atoms in total. The largest absolute Gasteiger partial charge is 0.477 e. The molecule has 2 saturated carbocycles. The van der Waals surface area contributed by atoms with Gasteiger partial charge in [0.25, 0.3) is 0 Å². The zero-order valence-corrected chi connectivity index (χ0v) is 22.1. The molecule has 2 heterocycles. The van der Waals surface area contributed by atoms with Crippen molar-refractivity contribution in [2.24, 2.45) is 11.8 Å². The Kier molecular flexibility index (Phi) is 7.84. The second kappa shape index (κ2) is 10.7. The van der Waals surface area contributed by atoms with Gasteiger partial charge < -0.3 is 14.7 Å². The van der Waals surface area contributed by atoms with E-state index in [1.165, 1.54) is 11.3 Å². The van der Waals surface area contributed by atoms with E-state index in [0.717, 1.165) is 56.2 Å². The van der Waals surface area contributed by atoms with Crippen LogP contribution < -0.4 is 9.64 Å². The predicted molar refractivity (Wildman–Crippen MR) is 139 cm³/mol. The molecule has 1 N–H and O–H groups in total. The van der Waals surface area contributed by atoms with Gasteiger partial charge >= 0.3 is 5.97 Å². The van der Waals surface area contributed by atoms with Crippen molar-refractivity contribution in [3.8, 4) is 5.88 Å². The van der Waals surface area contributed by atoms with E-state index < -0.39 is 5.97 Å². The Hall–Kier alpha value is -2.41. The van der Waals surface area contributed by atoms with E-state index in [0.29, 0.717) is 17.5 Å². The van der Waals surface area contributed by atoms with Gasteiger partial charge in [-0.05, 0) is 74.8 Å². The zero-order valence-electron chi connectivity index (χ0n) is 21.3. The second-order valence-electron chi connectivity index (χ2n) is 11.3. The minimum atomic E-state index is -0.956. The Morgan fingerprint density at radius 2 is 1.74 bits per heavy atom. The lowest BCUT2D eigenvalue weighted by Crippen LogP contribution is -2.47. The molecule has 0 bridgehead atoms. The summed E-state index contributed by atoms with van der Waals surface area (Å²) in [5.41, 5.74) is 0.404. The number of aromatic nitrogens is 1. The highest BCUT2D eigenvalue weighted by atomic mass is 32.1. The Balaban J connectivity index is 1.60. The average Bonchev–Trinajstić information content (AvgIpc) is 3.27. The van der Waals surface area contributed by atoms with Gasteiger partial charge in [-0.15, -0.1) is 11.3 Å². The van der Waals surface area contributed by atoms with E-state index in [4.69, 9.17) is 4.74 Å². The van der Waals surface area contributed by atoms with Crippen LogP contribution in [0.1, 0.15) is 93.6 Å². The quantitative estimate of drug-likeness (QED) is 0.480. The number of carboxylic acids is 1. The van der Waals surface area contributed by atoms with Crippen LogP contribution in [0.4, 0.5) is 5.69 Å². The van der Waals surface area contributed by atoms with Crippen molar-refractivity contribution in [1.29, 1.82) is 0 Å². The van der Waals surface area contributed by atoms with Gasteiger partial charge in [0, 0.05) is 29.1 Å². The van der Waals surface area contributed by atoms with Crippen molar-refractivity contribution in [1.82, 2.24) is 4.98 Å². The summed E-state index contributed by atoms with van der Waals surface area (Å²) in [5.74, 6) is 0.388. The molecule has 1 amide bonds. The van der Waals surface area contributed by atoms with E-state index in [1.54, 1.807) is 6.20 Å². The van der Waals surface area contributed by atoms with Gasteiger partial charge in [-0.1, -0.05) is 33.8 Å². The third-order valence-corrected chi connectivity index (χ3v) is 8.98. The van der Waals surface area contributed by atoms with Crippen molar-refractivity contribution in [3.63, 3.8) is 0 Å². The SMILES string of the molecule is CC1CCC(C(=O)N(c2cc(C(C)(C)C)sc2C(=O)O)C2CCC(Oc3ccccn3)CC2)CC1. The van der Waals surface area contributed by atoms with Gasteiger partial charge in [-0.3, -0.25) is 4.79 Å². The first-order chi connectivity index (χ1) is 16.6. The molecule has 190 valence electrons. The summed E-state index contributed by atoms with van der Waals surface area (Å²) in [5, 5.41) is 10.1. The first-order valence-corrected chi connectivity index (χ1v) is 13.7. The fourth-order valence-electron chi connectivity index (χ4n) is 5.29. The van der Waals surface area contributed by atoms with Crippen molar-refractivity contribution < 1.29 is 19.4 Å². The fourth-order valence-corrected chi connectivity index (χ4v) is 6.34. The summed E-state index contributed by atoms with van der Waals surface area (Å²) >= 11 is 1.31. The number of pyridine rings is 1. The molecule has 0 saturated heterocycles. The molecule has 0 atom stereocenters. The molecule has 2 aromatic rings. The molecule has 0 aromatic carbocycles. The van der Waals surface area contributed by atoms with Gasteiger partial charge in [-0.25, -0.2) is 9.78 Å². The lowest BCUT2D eigenvalue weighted by atomic mass is 9.81. The Bertz CT molecular complexity index is 1010. The van der Waals surface area contributed by atoms with Crippen LogP contribution in [0.3, 0.4) is 0 Å². The van der Waals surface area contributed by atoms with E-state index in [9.17, 15) is 14.7 Å². The van der Waals surface area contributed by atoms with Gasteiger partial charge in [0.1, 0.15) is 11.0 Å². The van der Waals surface area contributed by atoms with Crippen molar-refractivity contribution in [2.75, 3.05) is 4.90 Å². The lowest BCUT2D eigenvalue weighted by molar-refractivity contribution is -0.124. The van der Waals surface area contributed by atoms with Gasteiger partial charge in [-0.2, -0.15) is 0 Å². The molecule has 2 fully saturated rings. The number of aromatic carboxylic acids is 1. The summed E-state index contributed by atoms with van der Waals surface area (Å²) < 4.78 is 6.08. The van der Waals surface area contributed by atoms with Gasteiger partial charge in [0.15, 0.2) is 0 Å². The van der Waals surface area contributed by atoms with Crippen LogP contribution >= 0.6 is 11.3 Å². The number of carboxylic acid groups (broad SMARTS) is 1. The summed E-state index contributed by atoms with van der Waals surface area (Å²) in [6, 6.07) is 7.59. The molecule has 0 aliphatic heterocycles. The maximum atomic E-state index is 14.0. The van der Waals surface area contributed by atoms with Crippen LogP contribution in [-0.4, -0.2) is 34.1 Å². The van der Waals surface area contributed by atoms with Crippen molar-refractivity contribution in [3.05, 3.63) is 40.2 Å². The molecule has 2 aliphatic rings. The highest BCUT2D eigenvalue weighted by molar-refractivity contribution is 7.14. The molecular formula is C28H38N2O4S. The normalized spacial score (nSPS) is 25.1. The predicted octanol–water partition coefficient (Wildman–Crippen LogP) is 6.69. The molecule has 7 heteroatoms. The first kappa shape index (κ1) is 25.7. The maximum Gasteiger partial charge on any atom is 0.348 e. The molecule has 0 spiro atoms. The monoisotopic (exact) mass is 498 g/mol. The summed E-state index contributed by atoms with van der Waals surface area (Å²) in [6.07, 6.45) is 8.84. The highest BCUT2D eigenvalue weighted by Gasteiger charge is 2.38. The minimum Gasteiger partial charge on any atom is -0.477 e. The van der Waals surface area contributed by atoms with Crippen LogP contribution in [0, 0.1) is 11.8 Å². The van der Waals surface area contributed by atoms with E-state index >= 15 is 0 Å². The smallest absolute Gasteiger partial charge is 0.348 e. The number of thiophene rings is 1. The first-order valence-electron chi connectivity index (χ1n) is 12.9. The van der Waals surface area contributed by atoms with Crippen LogP contribution in [0.15, 0.2) is 30.5 Å². The number of nitrogens with zero attached hydrogens (tertiary/aromatic N) is 2. The summed E-state index contributed by atoms with van der Waals surface area (Å²) in [6.45, 7) is 8.51. The van der Waals surface area contributed by atoms with Gasteiger partial charge in [0.05, 0.1) is 5.69 Å².